The van der Waals surface area contributed by atoms with E-state index in [1.165, 1.54) is 12.8 Å². The largest absolute Gasteiger partial charge is 0.485 e. The van der Waals surface area contributed by atoms with Crippen LogP contribution in [0.2, 0.25) is 0 Å². The smallest absolute Gasteiger partial charge is 0.264 e. The van der Waals surface area contributed by atoms with E-state index in [1.54, 1.807) is 0 Å². The first-order chi connectivity index (χ1) is 10.1. The normalized spacial score (nSPS) is 31.5. The minimum absolute atomic E-state index is 0.0598. The van der Waals surface area contributed by atoms with E-state index in [-0.39, 0.29) is 18.6 Å². The highest BCUT2D eigenvalue weighted by atomic mass is 16.6. The lowest BCUT2D eigenvalue weighted by atomic mass is 9.78. The van der Waals surface area contributed by atoms with Crippen LogP contribution in [-0.4, -0.2) is 24.7 Å². The molecule has 0 saturated heterocycles. The Bertz CT molecular complexity index is 517. The summed E-state index contributed by atoms with van der Waals surface area (Å²) in [7, 11) is 0. The summed E-state index contributed by atoms with van der Waals surface area (Å²) in [6, 6.07) is 7.72. The number of benzene rings is 1. The van der Waals surface area contributed by atoms with Crippen molar-refractivity contribution >= 4 is 5.91 Å². The molecule has 1 heterocycles. The van der Waals surface area contributed by atoms with Crippen LogP contribution in [0.5, 0.6) is 11.5 Å². The molecule has 1 fully saturated rings. The number of carbonyl (C=O) groups is 1. The molecular formula is C17H23NO3. The summed E-state index contributed by atoms with van der Waals surface area (Å²) in [6.07, 6.45) is 2.94. The molecule has 1 N–H and O–H groups in total. The summed E-state index contributed by atoms with van der Waals surface area (Å²) in [5, 5.41) is 3.16. The lowest BCUT2D eigenvalue weighted by Gasteiger charge is -2.35. The Morgan fingerprint density at radius 1 is 1.19 bits per heavy atom. The summed E-state index contributed by atoms with van der Waals surface area (Å²) in [6.45, 7) is 4.77. The van der Waals surface area contributed by atoms with Gasteiger partial charge in [0, 0.05) is 6.04 Å². The first-order valence-corrected chi connectivity index (χ1v) is 7.84. The molecule has 0 radical (unpaired) electrons. The molecular weight excluding hydrogens is 266 g/mol. The van der Waals surface area contributed by atoms with Crippen LogP contribution < -0.4 is 14.8 Å². The maximum Gasteiger partial charge on any atom is 0.264 e. The van der Waals surface area contributed by atoms with Crippen molar-refractivity contribution in [3.63, 3.8) is 0 Å². The third-order valence-electron chi connectivity index (χ3n) is 4.84. The average molecular weight is 289 g/mol. The van der Waals surface area contributed by atoms with E-state index in [1.807, 2.05) is 24.3 Å². The van der Waals surface area contributed by atoms with Crippen LogP contribution >= 0.6 is 0 Å². The van der Waals surface area contributed by atoms with Crippen LogP contribution in [0, 0.1) is 11.8 Å². The number of amides is 1. The lowest BCUT2D eigenvalue weighted by Crippen LogP contribution is -2.51. The number of fused-ring (bicyclic) bond motifs is 1. The number of nitrogens with one attached hydrogen (secondary N) is 1. The van der Waals surface area contributed by atoms with E-state index in [0.29, 0.717) is 23.3 Å². The molecule has 0 aromatic heterocycles. The highest BCUT2D eigenvalue weighted by molar-refractivity contribution is 5.82. The summed E-state index contributed by atoms with van der Waals surface area (Å²) in [5.41, 5.74) is 0. The molecule has 1 saturated carbocycles. The van der Waals surface area contributed by atoms with Gasteiger partial charge in [-0.2, -0.15) is 0 Å². The van der Waals surface area contributed by atoms with Gasteiger partial charge in [0.15, 0.2) is 11.5 Å². The van der Waals surface area contributed by atoms with E-state index >= 15 is 0 Å². The minimum Gasteiger partial charge on any atom is -0.485 e. The van der Waals surface area contributed by atoms with Crippen molar-refractivity contribution in [1.82, 2.24) is 5.32 Å². The molecule has 3 rings (SSSR count). The van der Waals surface area contributed by atoms with Gasteiger partial charge >= 0.3 is 0 Å². The van der Waals surface area contributed by atoms with Crippen molar-refractivity contribution in [2.45, 2.75) is 45.3 Å². The highest BCUT2D eigenvalue weighted by Gasteiger charge is 2.32. The average Bonchev–Trinajstić information content (AvgIpc) is 2.51. The highest BCUT2D eigenvalue weighted by Crippen LogP contribution is 2.32. The zero-order valence-electron chi connectivity index (χ0n) is 12.7. The Morgan fingerprint density at radius 3 is 2.76 bits per heavy atom. The minimum atomic E-state index is -0.552. The third kappa shape index (κ3) is 2.99. The molecule has 1 aliphatic carbocycles. The second kappa shape index (κ2) is 5.96. The molecule has 1 amide bonds. The molecule has 1 aromatic carbocycles. The van der Waals surface area contributed by atoms with Gasteiger partial charge in [0.05, 0.1) is 0 Å². The maximum atomic E-state index is 12.4. The zero-order chi connectivity index (χ0) is 14.8. The van der Waals surface area contributed by atoms with Crippen molar-refractivity contribution in [2.75, 3.05) is 6.61 Å². The van der Waals surface area contributed by atoms with Crippen LogP contribution in [0.3, 0.4) is 0 Å². The quantitative estimate of drug-likeness (QED) is 0.910. The van der Waals surface area contributed by atoms with E-state index in [4.69, 9.17) is 9.47 Å². The number of hydrogen-bond donors (Lipinski definition) is 1. The summed E-state index contributed by atoms with van der Waals surface area (Å²) in [4.78, 5) is 12.4. The maximum absolute atomic E-state index is 12.4. The Labute approximate surface area is 125 Å². The number of carbonyl (C=O) groups excluding carboxylic acids is 1. The van der Waals surface area contributed by atoms with Crippen LogP contribution in [0.25, 0.3) is 0 Å². The van der Waals surface area contributed by atoms with Gasteiger partial charge in [-0.1, -0.05) is 38.8 Å². The molecule has 1 aromatic rings. The van der Waals surface area contributed by atoms with Gasteiger partial charge < -0.3 is 14.8 Å². The Hall–Kier alpha value is -1.71. The number of ether oxygens (including phenoxy) is 2. The van der Waals surface area contributed by atoms with Crippen LogP contribution in [0.1, 0.15) is 33.1 Å². The van der Waals surface area contributed by atoms with Crippen molar-refractivity contribution in [2.24, 2.45) is 11.8 Å². The lowest BCUT2D eigenvalue weighted by molar-refractivity contribution is -0.131. The molecule has 4 nitrogen and oxygen atoms in total. The monoisotopic (exact) mass is 289 g/mol. The molecule has 0 spiro atoms. The Balaban J connectivity index is 1.62. The number of hydrogen-bond acceptors (Lipinski definition) is 3. The Morgan fingerprint density at radius 2 is 1.95 bits per heavy atom. The fraction of sp³-hybridized carbons (Fsp3) is 0.588. The molecule has 4 heteroatoms. The fourth-order valence-electron chi connectivity index (χ4n) is 3.21. The molecule has 1 aliphatic heterocycles. The van der Waals surface area contributed by atoms with Gasteiger partial charge in [-0.3, -0.25) is 4.79 Å². The summed E-state index contributed by atoms with van der Waals surface area (Å²) < 4.78 is 11.4. The number of para-hydroxylation sites is 2. The van der Waals surface area contributed by atoms with Crippen LogP contribution in [-0.2, 0) is 4.79 Å². The summed E-state index contributed by atoms with van der Waals surface area (Å²) in [5.74, 6) is 2.47. The zero-order valence-corrected chi connectivity index (χ0v) is 12.7. The van der Waals surface area contributed by atoms with Crippen LogP contribution in [0.4, 0.5) is 0 Å². The van der Waals surface area contributed by atoms with Crippen molar-refractivity contribution in [1.29, 1.82) is 0 Å². The molecule has 21 heavy (non-hydrogen) atoms. The van der Waals surface area contributed by atoms with E-state index < -0.39 is 6.10 Å². The standard InChI is InChI=1S/C17H23NO3/c1-11-6-5-7-13(12(11)2)18-17(19)16-10-20-14-8-3-4-9-15(14)21-16/h3-4,8-9,11-13,16H,5-7,10H2,1-2H3,(H,18,19)/t11-,12+,13+,16-/m0/s1. The van der Waals surface area contributed by atoms with Crippen molar-refractivity contribution in [3.8, 4) is 11.5 Å². The van der Waals surface area contributed by atoms with Gasteiger partial charge in [-0.05, 0) is 30.4 Å². The SMILES string of the molecule is C[C@@H]1[C@@H](C)CCC[C@H]1NC(=O)[C@@H]1COc2ccccc2O1. The topological polar surface area (TPSA) is 47.6 Å². The molecule has 0 bridgehead atoms. The Kier molecular flexibility index (Phi) is 4.04. The van der Waals surface area contributed by atoms with E-state index in [9.17, 15) is 4.79 Å². The first-order valence-electron chi connectivity index (χ1n) is 7.84. The van der Waals surface area contributed by atoms with E-state index in [0.717, 1.165) is 6.42 Å². The fourth-order valence-corrected chi connectivity index (χ4v) is 3.21. The van der Waals surface area contributed by atoms with Gasteiger partial charge in [0.1, 0.15) is 6.61 Å². The number of rotatable bonds is 2. The van der Waals surface area contributed by atoms with Crippen molar-refractivity contribution < 1.29 is 14.3 Å². The third-order valence-corrected chi connectivity index (χ3v) is 4.84. The van der Waals surface area contributed by atoms with Gasteiger partial charge in [-0.15, -0.1) is 0 Å². The van der Waals surface area contributed by atoms with Crippen LogP contribution in [0.15, 0.2) is 24.3 Å². The second-order valence-electron chi connectivity index (χ2n) is 6.25. The van der Waals surface area contributed by atoms with Gasteiger partial charge in [0.2, 0.25) is 6.10 Å². The van der Waals surface area contributed by atoms with Crippen molar-refractivity contribution in [3.05, 3.63) is 24.3 Å². The van der Waals surface area contributed by atoms with Gasteiger partial charge in [0.25, 0.3) is 5.91 Å². The molecule has 114 valence electrons. The van der Waals surface area contributed by atoms with Gasteiger partial charge in [-0.25, -0.2) is 0 Å². The molecule has 4 atom stereocenters. The van der Waals surface area contributed by atoms with E-state index in [2.05, 4.69) is 19.2 Å². The molecule has 2 aliphatic rings. The predicted molar refractivity (Wildman–Crippen MR) is 80.5 cm³/mol. The first kappa shape index (κ1) is 14.2. The summed E-state index contributed by atoms with van der Waals surface area (Å²) >= 11 is 0. The molecule has 0 unspecified atom stereocenters. The second-order valence-corrected chi connectivity index (χ2v) is 6.25. The predicted octanol–water partition coefficient (Wildman–Crippen LogP) is 2.77.